The number of hydrogen-bond acceptors (Lipinski definition) is 2. The highest BCUT2D eigenvalue weighted by Crippen LogP contribution is 2.47. The van der Waals surface area contributed by atoms with Crippen LogP contribution in [0.1, 0.15) is 25.7 Å². The van der Waals surface area contributed by atoms with Crippen LogP contribution < -0.4 is 5.32 Å². The van der Waals surface area contributed by atoms with Gasteiger partial charge in [0.2, 0.25) is 0 Å². The third-order valence-electron chi connectivity index (χ3n) is 3.29. The molecule has 0 amide bonds. The van der Waals surface area contributed by atoms with Gasteiger partial charge in [0, 0.05) is 5.54 Å². The molecular formula is C9H17NS. The van der Waals surface area contributed by atoms with Crippen molar-refractivity contribution >= 4 is 11.8 Å². The van der Waals surface area contributed by atoms with E-state index in [2.05, 4.69) is 24.1 Å². The smallest absolute Gasteiger partial charge is 0.0208 e. The molecule has 2 rings (SSSR count). The van der Waals surface area contributed by atoms with Gasteiger partial charge in [-0.05, 0) is 50.2 Å². The van der Waals surface area contributed by atoms with Gasteiger partial charge in [0.25, 0.3) is 0 Å². The Kier molecular flexibility index (Phi) is 2.15. The molecule has 1 heterocycles. The molecule has 0 atom stereocenters. The number of thioether (sulfide) groups is 1. The summed E-state index contributed by atoms with van der Waals surface area (Å²) in [6.07, 6.45) is 5.76. The summed E-state index contributed by atoms with van der Waals surface area (Å²) in [4.78, 5) is 0. The molecule has 1 aliphatic carbocycles. The Labute approximate surface area is 73.3 Å². The zero-order valence-electron chi connectivity index (χ0n) is 7.23. The van der Waals surface area contributed by atoms with Crippen molar-refractivity contribution in [3.63, 3.8) is 0 Å². The lowest BCUT2D eigenvalue weighted by molar-refractivity contribution is 0.331. The molecule has 0 unspecified atom stereocenters. The summed E-state index contributed by atoms with van der Waals surface area (Å²) in [5.41, 5.74) is 0.598. The Bertz CT molecular complexity index is 136. The molecule has 64 valence electrons. The largest absolute Gasteiger partial charge is 0.314 e. The van der Waals surface area contributed by atoms with E-state index >= 15 is 0 Å². The average Bonchev–Trinajstić information content (AvgIpc) is 2.86. The fraction of sp³-hybridized carbons (Fsp3) is 1.00. The van der Waals surface area contributed by atoms with Crippen molar-refractivity contribution in [3.8, 4) is 0 Å². The Morgan fingerprint density at radius 3 is 2.36 bits per heavy atom. The molecule has 0 bridgehead atoms. The Balaban J connectivity index is 1.92. The molecule has 0 aromatic rings. The first-order valence-corrected chi connectivity index (χ1v) is 5.79. The van der Waals surface area contributed by atoms with E-state index < -0.39 is 0 Å². The van der Waals surface area contributed by atoms with Crippen molar-refractivity contribution in [3.05, 3.63) is 0 Å². The molecule has 1 saturated heterocycles. The zero-order valence-corrected chi connectivity index (χ0v) is 8.04. The molecule has 2 heteroatoms. The van der Waals surface area contributed by atoms with Gasteiger partial charge in [0.1, 0.15) is 0 Å². The summed E-state index contributed by atoms with van der Waals surface area (Å²) >= 11 is 2.13. The van der Waals surface area contributed by atoms with E-state index in [0.717, 1.165) is 5.92 Å². The van der Waals surface area contributed by atoms with Gasteiger partial charge in [0.15, 0.2) is 0 Å². The summed E-state index contributed by atoms with van der Waals surface area (Å²) in [5, 5.41) is 3.51. The molecule has 11 heavy (non-hydrogen) atoms. The molecule has 0 radical (unpaired) electrons. The van der Waals surface area contributed by atoms with Gasteiger partial charge >= 0.3 is 0 Å². The van der Waals surface area contributed by atoms with Crippen LogP contribution in [0, 0.1) is 5.92 Å². The first-order chi connectivity index (χ1) is 5.37. The van der Waals surface area contributed by atoms with Gasteiger partial charge in [-0.25, -0.2) is 0 Å². The van der Waals surface area contributed by atoms with E-state index in [4.69, 9.17) is 0 Å². The molecule has 1 saturated carbocycles. The van der Waals surface area contributed by atoms with Gasteiger partial charge in [0.05, 0.1) is 0 Å². The first kappa shape index (κ1) is 7.93. The molecule has 0 spiro atoms. The van der Waals surface area contributed by atoms with Gasteiger partial charge in [-0.3, -0.25) is 0 Å². The quantitative estimate of drug-likeness (QED) is 0.681. The molecule has 1 N–H and O–H groups in total. The number of hydrogen-bond donors (Lipinski definition) is 1. The summed E-state index contributed by atoms with van der Waals surface area (Å²) in [6.45, 7) is 0. The van der Waals surface area contributed by atoms with Crippen LogP contribution in [-0.4, -0.2) is 24.1 Å². The van der Waals surface area contributed by atoms with Crippen molar-refractivity contribution < 1.29 is 0 Å². The van der Waals surface area contributed by atoms with Crippen molar-refractivity contribution in [2.24, 2.45) is 5.92 Å². The SMILES string of the molecule is CNC1(C2CCSCC2)CC1. The van der Waals surface area contributed by atoms with Crippen LogP contribution in [0.3, 0.4) is 0 Å². The summed E-state index contributed by atoms with van der Waals surface area (Å²) < 4.78 is 0. The van der Waals surface area contributed by atoms with Crippen molar-refractivity contribution in [2.75, 3.05) is 18.6 Å². The molecule has 2 fully saturated rings. The minimum atomic E-state index is 0.598. The zero-order chi connectivity index (χ0) is 7.73. The second-order valence-corrected chi connectivity index (χ2v) is 5.02. The standard InChI is InChI=1S/C9H17NS/c1-10-9(4-5-9)8-2-6-11-7-3-8/h8,10H,2-7H2,1H3. The van der Waals surface area contributed by atoms with E-state index in [1.165, 1.54) is 37.2 Å². The minimum Gasteiger partial charge on any atom is -0.314 e. The van der Waals surface area contributed by atoms with Gasteiger partial charge < -0.3 is 5.32 Å². The molecule has 1 nitrogen and oxygen atoms in total. The lowest BCUT2D eigenvalue weighted by Gasteiger charge is -2.29. The van der Waals surface area contributed by atoms with Crippen LogP contribution in [0.2, 0.25) is 0 Å². The van der Waals surface area contributed by atoms with E-state index in [9.17, 15) is 0 Å². The van der Waals surface area contributed by atoms with Crippen LogP contribution >= 0.6 is 11.8 Å². The second-order valence-electron chi connectivity index (χ2n) is 3.79. The predicted octanol–water partition coefficient (Wildman–Crippen LogP) is 1.88. The highest BCUT2D eigenvalue weighted by molar-refractivity contribution is 7.99. The minimum absolute atomic E-state index is 0.598. The number of nitrogens with one attached hydrogen (secondary N) is 1. The topological polar surface area (TPSA) is 12.0 Å². The van der Waals surface area contributed by atoms with Gasteiger partial charge in [-0.2, -0.15) is 11.8 Å². The summed E-state index contributed by atoms with van der Waals surface area (Å²) in [7, 11) is 2.13. The van der Waals surface area contributed by atoms with E-state index in [1.807, 2.05) is 0 Å². The fourth-order valence-electron chi connectivity index (χ4n) is 2.25. The Morgan fingerprint density at radius 1 is 1.27 bits per heavy atom. The summed E-state index contributed by atoms with van der Waals surface area (Å²) in [5.74, 6) is 3.79. The third kappa shape index (κ3) is 1.43. The number of rotatable bonds is 2. The molecule has 2 aliphatic rings. The molecule has 0 aromatic carbocycles. The fourth-order valence-corrected chi connectivity index (χ4v) is 3.35. The van der Waals surface area contributed by atoms with Crippen LogP contribution in [-0.2, 0) is 0 Å². The highest BCUT2D eigenvalue weighted by Gasteiger charge is 2.47. The van der Waals surface area contributed by atoms with E-state index in [-0.39, 0.29) is 0 Å². The summed E-state index contributed by atoms with van der Waals surface area (Å²) in [6, 6.07) is 0. The van der Waals surface area contributed by atoms with E-state index in [0.29, 0.717) is 5.54 Å². The van der Waals surface area contributed by atoms with Crippen molar-refractivity contribution in [1.82, 2.24) is 5.32 Å². The lowest BCUT2D eigenvalue weighted by atomic mass is 9.91. The lowest BCUT2D eigenvalue weighted by Crippen LogP contribution is -2.37. The monoisotopic (exact) mass is 171 g/mol. The first-order valence-electron chi connectivity index (χ1n) is 4.64. The maximum Gasteiger partial charge on any atom is 0.0208 e. The van der Waals surface area contributed by atoms with Crippen LogP contribution in [0.25, 0.3) is 0 Å². The highest BCUT2D eigenvalue weighted by atomic mass is 32.2. The van der Waals surface area contributed by atoms with Crippen LogP contribution in [0.5, 0.6) is 0 Å². The predicted molar refractivity (Wildman–Crippen MR) is 51.1 cm³/mol. The van der Waals surface area contributed by atoms with E-state index in [1.54, 1.807) is 0 Å². The van der Waals surface area contributed by atoms with Crippen molar-refractivity contribution in [1.29, 1.82) is 0 Å². The average molecular weight is 171 g/mol. The van der Waals surface area contributed by atoms with Crippen LogP contribution in [0.4, 0.5) is 0 Å². The van der Waals surface area contributed by atoms with Crippen LogP contribution in [0.15, 0.2) is 0 Å². The third-order valence-corrected chi connectivity index (χ3v) is 4.34. The van der Waals surface area contributed by atoms with Gasteiger partial charge in [-0.1, -0.05) is 0 Å². The normalized spacial score (nSPS) is 30.3. The molecular weight excluding hydrogens is 154 g/mol. The Hall–Kier alpha value is 0.310. The Morgan fingerprint density at radius 2 is 1.91 bits per heavy atom. The maximum absolute atomic E-state index is 3.51. The molecule has 0 aromatic heterocycles. The van der Waals surface area contributed by atoms with Gasteiger partial charge in [-0.15, -0.1) is 0 Å². The van der Waals surface area contributed by atoms with Crippen molar-refractivity contribution in [2.45, 2.75) is 31.2 Å². The molecule has 1 aliphatic heterocycles. The maximum atomic E-state index is 3.51. The second kappa shape index (κ2) is 2.98.